The van der Waals surface area contributed by atoms with Crippen LogP contribution in [-0.4, -0.2) is 35.6 Å². The summed E-state index contributed by atoms with van der Waals surface area (Å²) in [7, 11) is 1.63. The van der Waals surface area contributed by atoms with E-state index in [2.05, 4.69) is 37.4 Å². The second-order valence-electron chi connectivity index (χ2n) is 8.82. The number of nitrogens with zero attached hydrogens (tertiary/aromatic N) is 1. The number of rotatable bonds is 10. The third kappa shape index (κ3) is 7.49. The molecule has 1 unspecified atom stereocenters. The van der Waals surface area contributed by atoms with E-state index in [1.807, 2.05) is 61.5 Å². The van der Waals surface area contributed by atoms with Gasteiger partial charge in [0.1, 0.15) is 6.04 Å². The van der Waals surface area contributed by atoms with E-state index in [9.17, 15) is 9.59 Å². The summed E-state index contributed by atoms with van der Waals surface area (Å²) in [5.41, 5.74) is 6.88. The first-order valence-electron chi connectivity index (χ1n) is 11.6. The van der Waals surface area contributed by atoms with Crippen molar-refractivity contribution in [1.29, 1.82) is 0 Å². The van der Waals surface area contributed by atoms with Crippen LogP contribution in [0, 0.1) is 20.8 Å². The molecule has 178 valence electrons. The minimum absolute atomic E-state index is 0.0283. The quantitative estimate of drug-likeness (QED) is 0.438. The summed E-state index contributed by atoms with van der Waals surface area (Å²) in [4.78, 5) is 28.2. The van der Waals surface area contributed by atoms with E-state index in [0.29, 0.717) is 18.7 Å². The second-order valence-corrected chi connectivity index (χ2v) is 9.80. The van der Waals surface area contributed by atoms with Gasteiger partial charge in [-0.15, -0.1) is 11.8 Å². The Morgan fingerprint density at radius 1 is 0.824 bits per heavy atom. The molecule has 0 heterocycles. The van der Waals surface area contributed by atoms with Crippen LogP contribution in [0.3, 0.4) is 0 Å². The van der Waals surface area contributed by atoms with E-state index >= 15 is 0 Å². The summed E-state index contributed by atoms with van der Waals surface area (Å²) < 4.78 is 0. The molecule has 3 aromatic carbocycles. The molecule has 1 atom stereocenters. The highest BCUT2D eigenvalue weighted by molar-refractivity contribution is 7.99. The van der Waals surface area contributed by atoms with Gasteiger partial charge in [0.2, 0.25) is 11.8 Å². The van der Waals surface area contributed by atoms with E-state index < -0.39 is 6.04 Å². The van der Waals surface area contributed by atoms with Gasteiger partial charge in [-0.2, -0.15) is 0 Å². The summed E-state index contributed by atoms with van der Waals surface area (Å²) in [6, 6.07) is 23.9. The predicted molar refractivity (Wildman–Crippen MR) is 142 cm³/mol. The Bertz CT molecular complexity index is 1080. The van der Waals surface area contributed by atoms with E-state index in [1.54, 1.807) is 23.7 Å². The van der Waals surface area contributed by atoms with Crippen molar-refractivity contribution in [3.8, 4) is 0 Å². The summed E-state index contributed by atoms with van der Waals surface area (Å²) in [6.45, 7) is 6.62. The van der Waals surface area contributed by atoms with Crippen LogP contribution >= 0.6 is 11.8 Å². The summed E-state index contributed by atoms with van der Waals surface area (Å²) in [5, 5.41) is 2.77. The summed E-state index contributed by atoms with van der Waals surface area (Å²) in [6.07, 6.45) is 0.472. The van der Waals surface area contributed by atoms with Crippen LogP contribution in [0.4, 0.5) is 0 Å². The number of amides is 2. The van der Waals surface area contributed by atoms with Gasteiger partial charge in [0.25, 0.3) is 0 Å². The molecule has 3 rings (SSSR count). The Balaban J connectivity index is 1.80. The fourth-order valence-corrected chi connectivity index (χ4v) is 4.95. The average Bonchev–Trinajstić information content (AvgIpc) is 2.82. The van der Waals surface area contributed by atoms with Gasteiger partial charge in [-0.1, -0.05) is 89.5 Å². The standard InChI is InChI=1S/C29H34N2O2S/c1-21-10-12-25(13-11-21)18-31(27(29(33)30-4)17-24-8-6-5-7-9-24)28(32)20-34-19-26-15-22(2)14-23(3)16-26/h5-16,27H,17-20H2,1-4H3,(H,30,33). The van der Waals surface area contributed by atoms with Gasteiger partial charge < -0.3 is 10.2 Å². The zero-order valence-electron chi connectivity index (χ0n) is 20.5. The molecule has 0 bridgehead atoms. The van der Waals surface area contributed by atoms with Gasteiger partial charge >= 0.3 is 0 Å². The van der Waals surface area contributed by atoms with Crippen LogP contribution in [0.25, 0.3) is 0 Å². The monoisotopic (exact) mass is 474 g/mol. The molecule has 0 radical (unpaired) electrons. The highest BCUT2D eigenvalue weighted by Gasteiger charge is 2.29. The van der Waals surface area contributed by atoms with E-state index in [4.69, 9.17) is 0 Å². The van der Waals surface area contributed by atoms with Gasteiger partial charge in [0, 0.05) is 25.8 Å². The van der Waals surface area contributed by atoms with Crippen molar-refractivity contribution in [3.63, 3.8) is 0 Å². The molecule has 1 N–H and O–H groups in total. The third-order valence-electron chi connectivity index (χ3n) is 5.77. The fourth-order valence-electron chi connectivity index (χ4n) is 4.10. The third-order valence-corrected chi connectivity index (χ3v) is 6.76. The van der Waals surface area contributed by atoms with Crippen molar-refractivity contribution in [2.45, 2.75) is 45.5 Å². The van der Waals surface area contributed by atoms with E-state index in [-0.39, 0.29) is 11.8 Å². The van der Waals surface area contributed by atoms with Crippen molar-refractivity contribution in [3.05, 3.63) is 106 Å². The van der Waals surface area contributed by atoms with Gasteiger partial charge in [-0.05, 0) is 37.5 Å². The lowest BCUT2D eigenvalue weighted by atomic mass is 10.0. The normalized spacial score (nSPS) is 11.6. The highest BCUT2D eigenvalue weighted by atomic mass is 32.2. The molecule has 3 aromatic rings. The number of nitrogens with one attached hydrogen (secondary N) is 1. The van der Waals surface area contributed by atoms with Gasteiger partial charge in [0.05, 0.1) is 5.75 Å². The Hall–Kier alpha value is -3.05. The first-order valence-corrected chi connectivity index (χ1v) is 12.8. The Morgan fingerprint density at radius 3 is 2.09 bits per heavy atom. The van der Waals surface area contributed by atoms with Crippen LogP contribution in [0.15, 0.2) is 72.8 Å². The van der Waals surface area contributed by atoms with Crippen molar-refractivity contribution in [1.82, 2.24) is 10.2 Å². The molecule has 0 aliphatic carbocycles. The summed E-state index contributed by atoms with van der Waals surface area (Å²) >= 11 is 1.59. The Kier molecular flexibility index (Phi) is 9.34. The maximum Gasteiger partial charge on any atom is 0.242 e. The largest absolute Gasteiger partial charge is 0.357 e. The van der Waals surface area contributed by atoms with Crippen LogP contribution in [0.5, 0.6) is 0 Å². The molecule has 0 saturated heterocycles. The van der Waals surface area contributed by atoms with Crippen LogP contribution in [0.2, 0.25) is 0 Å². The van der Waals surface area contributed by atoms with Gasteiger partial charge in [-0.25, -0.2) is 0 Å². The molecule has 4 nitrogen and oxygen atoms in total. The maximum atomic E-state index is 13.5. The highest BCUT2D eigenvalue weighted by Crippen LogP contribution is 2.20. The van der Waals surface area contributed by atoms with Crippen molar-refractivity contribution < 1.29 is 9.59 Å². The second kappa shape index (κ2) is 12.4. The molecule has 0 spiro atoms. The van der Waals surface area contributed by atoms with Crippen LogP contribution in [-0.2, 0) is 28.3 Å². The molecular weight excluding hydrogens is 440 g/mol. The number of carbonyl (C=O) groups excluding carboxylic acids is 2. The number of aryl methyl sites for hydroxylation is 3. The molecule has 34 heavy (non-hydrogen) atoms. The number of benzene rings is 3. The first-order chi connectivity index (χ1) is 16.4. The van der Waals surface area contributed by atoms with Gasteiger partial charge in [-0.3, -0.25) is 9.59 Å². The Morgan fingerprint density at radius 2 is 1.47 bits per heavy atom. The topological polar surface area (TPSA) is 49.4 Å². The van der Waals surface area contributed by atoms with Crippen molar-refractivity contribution >= 4 is 23.6 Å². The fraction of sp³-hybridized carbons (Fsp3) is 0.310. The maximum absolute atomic E-state index is 13.5. The van der Waals surface area contributed by atoms with E-state index in [0.717, 1.165) is 22.4 Å². The zero-order valence-corrected chi connectivity index (χ0v) is 21.3. The molecule has 0 aliphatic heterocycles. The molecule has 0 aromatic heterocycles. The van der Waals surface area contributed by atoms with Gasteiger partial charge in [0.15, 0.2) is 0 Å². The number of carbonyl (C=O) groups is 2. The van der Waals surface area contributed by atoms with Crippen LogP contribution in [0.1, 0.15) is 33.4 Å². The molecular formula is C29H34N2O2S. The number of likely N-dealkylation sites (N-methyl/N-ethyl adjacent to an activating group) is 1. The molecule has 2 amide bonds. The zero-order chi connectivity index (χ0) is 24.5. The molecule has 0 aliphatic rings. The lowest BCUT2D eigenvalue weighted by Crippen LogP contribution is -2.50. The predicted octanol–water partition coefficient (Wildman–Crippen LogP) is 5.23. The summed E-state index contributed by atoms with van der Waals surface area (Å²) in [5.74, 6) is 0.903. The molecule has 0 saturated carbocycles. The smallest absolute Gasteiger partial charge is 0.242 e. The lowest BCUT2D eigenvalue weighted by molar-refractivity contribution is -0.139. The number of thioether (sulfide) groups is 1. The van der Waals surface area contributed by atoms with E-state index in [1.165, 1.54) is 16.7 Å². The average molecular weight is 475 g/mol. The van der Waals surface area contributed by atoms with Crippen molar-refractivity contribution in [2.75, 3.05) is 12.8 Å². The van der Waals surface area contributed by atoms with Crippen molar-refractivity contribution in [2.24, 2.45) is 0 Å². The lowest BCUT2D eigenvalue weighted by Gasteiger charge is -2.31. The molecule has 0 fully saturated rings. The minimum Gasteiger partial charge on any atom is -0.357 e. The minimum atomic E-state index is -0.581. The molecule has 5 heteroatoms. The number of hydrogen-bond donors (Lipinski definition) is 1. The number of hydrogen-bond acceptors (Lipinski definition) is 3. The SMILES string of the molecule is CNC(=O)C(Cc1ccccc1)N(Cc1ccc(C)cc1)C(=O)CSCc1cc(C)cc(C)c1. The van der Waals surface area contributed by atoms with Crippen LogP contribution < -0.4 is 5.32 Å². The Labute approximate surface area is 207 Å². The first kappa shape index (κ1) is 25.6.